The minimum Gasteiger partial charge on any atom is -0.482 e. The van der Waals surface area contributed by atoms with E-state index >= 15 is 0 Å². The Labute approximate surface area is 232 Å². The molecule has 1 N–H and O–H groups in total. The van der Waals surface area contributed by atoms with Crippen molar-refractivity contribution in [2.75, 3.05) is 11.9 Å². The molecule has 1 aromatic heterocycles. The maximum Gasteiger partial charge on any atom is 0.282 e. The molecule has 0 radical (unpaired) electrons. The van der Waals surface area contributed by atoms with Gasteiger partial charge < -0.3 is 10.1 Å². The fourth-order valence-corrected chi connectivity index (χ4v) is 4.22. The lowest BCUT2D eigenvalue weighted by Gasteiger charge is -2.14. The van der Waals surface area contributed by atoms with Gasteiger partial charge in [0.25, 0.3) is 11.5 Å². The van der Waals surface area contributed by atoms with Gasteiger partial charge in [0.1, 0.15) is 11.6 Å². The molecule has 0 fully saturated rings. The lowest BCUT2D eigenvalue weighted by molar-refractivity contribution is -0.118. The molecule has 3 aromatic carbocycles. The molecule has 0 aliphatic rings. The van der Waals surface area contributed by atoms with E-state index in [0.717, 1.165) is 10.9 Å². The molecule has 0 aliphatic carbocycles. The largest absolute Gasteiger partial charge is 0.482 e. The van der Waals surface area contributed by atoms with Gasteiger partial charge in [0.2, 0.25) is 0 Å². The van der Waals surface area contributed by atoms with E-state index in [9.17, 15) is 9.59 Å². The van der Waals surface area contributed by atoms with Crippen LogP contribution in [0.15, 0.2) is 75.0 Å². The first-order valence-corrected chi connectivity index (χ1v) is 13.0. The number of aromatic nitrogens is 2. The molecule has 1 atom stereocenters. The van der Waals surface area contributed by atoms with E-state index in [4.69, 9.17) is 32.9 Å². The molecule has 37 heavy (non-hydrogen) atoms. The molecule has 7 nitrogen and oxygen atoms in total. The molecule has 0 bridgehead atoms. The van der Waals surface area contributed by atoms with Crippen LogP contribution in [0.5, 0.6) is 5.75 Å². The third-order valence-corrected chi connectivity index (χ3v) is 6.69. The molecule has 1 heterocycles. The third kappa shape index (κ3) is 6.57. The highest BCUT2D eigenvalue weighted by atomic mass is 79.9. The molecule has 0 unspecified atom stereocenters. The van der Waals surface area contributed by atoms with Crippen molar-refractivity contribution in [1.82, 2.24) is 9.66 Å². The molecular formula is C27H23BrCl2N4O3. The van der Waals surface area contributed by atoms with Gasteiger partial charge >= 0.3 is 0 Å². The van der Waals surface area contributed by atoms with Crippen molar-refractivity contribution in [3.05, 3.63) is 96.9 Å². The van der Waals surface area contributed by atoms with Crippen LogP contribution in [0.2, 0.25) is 10.0 Å². The van der Waals surface area contributed by atoms with Crippen LogP contribution in [0.3, 0.4) is 0 Å². The monoisotopic (exact) mass is 600 g/mol. The summed E-state index contributed by atoms with van der Waals surface area (Å²) in [6.45, 7) is 3.82. The number of hydrogen-bond acceptors (Lipinski definition) is 5. The maximum absolute atomic E-state index is 13.3. The predicted octanol–water partition coefficient (Wildman–Crippen LogP) is 6.88. The number of carbonyl (C=O) groups excluding carboxylic acids is 1. The fraction of sp³-hybridized carbons (Fsp3) is 0.185. The number of anilines is 1. The highest BCUT2D eigenvalue weighted by molar-refractivity contribution is 9.10. The average Bonchev–Trinajstić information content (AvgIpc) is 2.88. The normalized spacial score (nSPS) is 12.1. The summed E-state index contributed by atoms with van der Waals surface area (Å²) in [5.74, 6) is 0.615. The summed E-state index contributed by atoms with van der Waals surface area (Å²) in [5.41, 5.74) is 1.63. The summed E-state index contributed by atoms with van der Waals surface area (Å²) < 4.78 is 7.69. The van der Waals surface area contributed by atoms with E-state index in [-0.39, 0.29) is 24.0 Å². The van der Waals surface area contributed by atoms with Gasteiger partial charge in [0.05, 0.1) is 22.1 Å². The number of ether oxygens (including phenoxy) is 1. The zero-order valence-corrected chi connectivity index (χ0v) is 23.1. The molecule has 10 heteroatoms. The molecule has 1 amide bonds. The van der Waals surface area contributed by atoms with Gasteiger partial charge in [0.15, 0.2) is 6.61 Å². The van der Waals surface area contributed by atoms with Gasteiger partial charge in [-0.05, 0) is 72.6 Å². The van der Waals surface area contributed by atoms with Gasteiger partial charge in [-0.1, -0.05) is 53.0 Å². The smallest absolute Gasteiger partial charge is 0.282 e. The Morgan fingerprint density at radius 2 is 1.92 bits per heavy atom. The SMILES string of the molecule is CC[C@H](C)c1nc2ccc(Br)cc2c(=O)n1N=Cc1ccc(OCC(=O)Nc2ccc(Cl)cc2)c(Cl)c1. The Hall–Kier alpha value is -3.20. The van der Waals surface area contributed by atoms with Gasteiger partial charge in [-0.25, -0.2) is 4.98 Å². The Morgan fingerprint density at radius 3 is 2.62 bits per heavy atom. The van der Waals surface area contributed by atoms with E-state index in [1.165, 1.54) is 4.68 Å². The molecular weight excluding hydrogens is 579 g/mol. The Morgan fingerprint density at radius 1 is 1.16 bits per heavy atom. The van der Waals surface area contributed by atoms with E-state index < -0.39 is 0 Å². The van der Waals surface area contributed by atoms with Crippen LogP contribution in [0.1, 0.15) is 37.6 Å². The first-order chi connectivity index (χ1) is 17.7. The van der Waals surface area contributed by atoms with E-state index in [0.29, 0.717) is 43.8 Å². The number of nitrogens with zero attached hydrogens (tertiary/aromatic N) is 3. The lowest BCUT2D eigenvalue weighted by atomic mass is 10.1. The number of hydrogen-bond donors (Lipinski definition) is 1. The summed E-state index contributed by atoms with van der Waals surface area (Å²) in [4.78, 5) is 30.2. The van der Waals surface area contributed by atoms with Crippen LogP contribution < -0.4 is 15.6 Å². The van der Waals surface area contributed by atoms with Crippen molar-refractivity contribution in [3.8, 4) is 5.75 Å². The Balaban J connectivity index is 1.52. The molecule has 4 rings (SSSR count). The van der Waals surface area contributed by atoms with Crippen LogP contribution in [0.4, 0.5) is 5.69 Å². The van der Waals surface area contributed by atoms with Gasteiger partial charge in [0, 0.05) is 21.1 Å². The summed E-state index contributed by atoms with van der Waals surface area (Å²) in [6, 6.07) is 17.2. The lowest BCUT2D eigenvalue weighted by Crippen LogP contribution is -2.23. The second-order valence-electron chi connectivity index (χ2n) is 8.34. The van der Waals surface area contributed by atoms with Gasteiger partial charge in [-0.3, -0.25) is 9.59 Å². The average molecular weight is 602 g/mol. The Kier molecular flexibility index (Phi) is 8.63. The van der Waals surface area contributed by atoms with Gasteiger partial charge in [-0.15, -0.1) is 0 Å². The van der Waals surface area contributed by atoms with Crippen molar-refractivity contribution in [1.29, 1.82) is 0 Å². The number of fused-ring (bicyclic) bond motifs is 1. The second-order valence-corrected chi connectivity index (χ2v) is 10.1. The van der Waals surface area contributed by atoms with Crippen LogP contribution in [-0.4, -0.2) is 28.4 Å². The van der Waals surface area contributed by atoms with Crippen LogP contribution in [-0.2, 0) is 4.79 Å². The first-order valence-electron chi connectivity index (χ1n) is 11.5. The minimum atomic E-state index is -0.337. The topological polar surface area (TPSA) is 85.6 Å². The van der Waals surface area contributed by atoms with Crippen molar-refractivity contribution >= 4 is 67.8 Å². The second kappa shape index (κ2) is 11.9. The quantitative estimate of drug-likeness (QED) is 0.223. The summed E-state index contributed by atoms with van der Waals surface area (Å²) in [5, 5.41) is 8.53. The molecule has 4 aromatic rings. The van der Waals surface area contributed by atoms with Gasteiger partial charge in [-0.2, -0.15) is 9.78 Å². The van der Waals surface area contributed by atoms with Crippen LogP contribution in [0, 0.1) is 0 Å². The van der Waals surface area contributed by atoms with Crippen LogP contribution >= 0.6 is 39.1 Å². The molecule has 190 valence electrons. The third-order valence-electron chi connectivity index (χ3n) is 5.65. The standard InChI is InChI=1S/C27H23BrCl2N4O3/c1-3-16(2)26-33-23-10-5-18(28)13-21(23)27(36)34(26)31-14-17-4-11-24(22(30)12-17)37-15-25(35)32-20-8-6-19(29)7-9-20/h4-14,16H,3,15H2,1-2H3,(H,32,35)/t16-/m0/s1. The first kappa shape index (κ1) is 26.9. The highest BCUT2D eigenvalue weighted by Gasteiger charge is 2.16. The maximum atomic E-state index is 13.3. The van der Waals surface area contributed by atoms with E-state index in [1.54, 1.807) is 54.7 Å². The summed E-state index contributed by atoms with van der Waals surface area (Å²) >= 11 is 15.7. The molecule has 0 saturated carbocycles. The number of amides is 1. The summed E-state index contributed by atoms with van der Waals surface area (Å²) in [6.07, 6.45) is 2.34. The zero-order chi connectivity index (χ0) is 26.5. The minimum absolute atomic E-state index is 0.0243. The van der Waals surface area contributed by atoms with Crippen molar-refractivity contribution in [2.45, 2.75) is 26.2 Å². The number of halogens is 3. The van der Waals surface area contributed by atoms with Crippen molar-refractivity contribution in [2.24, 2.45) is 5.10 Å². The number of benzene rings is 3. The van der Waals surface area contributed by atoms with Crippen LogP contribution in [0.25, 0.3) is 10.9 Å². The molecule has 0 spiro atoms. The fourth-order valence-electron chi connectivity index (χ4n) is 3.49. The molecule has 0 saturated heterocycles. The number of nitrogens with one attached hydrogen (secondary N) is 1. The summed E-state index contributed by atoms with van der Waals surface area (Å²) in [7, 11) is 0. The highest BCUT2D eigenvalue weighted by Crippen LogP contribution is 2.25. The van der Waals surface area contributed by atoms with Crippen molar-refractivity contribution in [3.63, 3.8) is 0 Å². The predicted molar refractivity (Wildman–Crippen MR) is 152 cm³/mol. The number of rotatable bonds is 8. The van der Waals surface area contributed by atoms with E-state index in [2.05, 4.69) is 26.3 Å². The Bertz CT molecular complexity index is 1540. The number of carbonyl (C=O) groups is 1. The van der Waals surface area contributed by atoms with Crippen molar-refractivity contribution < 1.29 is 9.53 Å². The van der Waals surface area contributed by atoms with E-state index in [1.807, 2.05) is 26.0 Å². The zero-order valence-electron chi connectivity index (χ0n) is 20.0. The molecule has 0 aliphatic heterocycles.